The highest BCUT2D eigenvalue weighted by Crippen LogP contribution is 2.14. The van der Waals surface area contributed by atoms with Crippen LogP contribution in [0, 0.1) is 0 Å². The van der Waals surface area contributed by atoms with Crippen molar-refractivity contribution >= 4 is 0 Å². The van der Waals surface area contributed by atoms with Gasteiger partial charge in [-0.2, -0.15) is 5.10 Å². The zero-order valence-corrected chi connectivity index (χ0v) is 11.9. The van der Waals surface area contributed by atoms with Gasteiger partial charge in [-0.1, -0.05) is 30.3 Å². The Labute approximate surface area is 119 Å². The topological polar surface area (TPSA) is 46.0 Å². The summed E-state index contributed by atoms with van der Waals surface area (Å²) < 4.78 is 1.91. The van der Waals surface area contributed by atoms with Crippen LogP contribution < -0.4 is 5.32 Å². The monoisotopic (exact) mass is 271 g/mol. The summed E-state index contributed by atoms with van der Waals surface area (Å²) in [5.41, 5.74) is 1.08. The van der Waals surface area contributed by atoms with Gasteiger partial charge in [0.15, 0.2) is 5.82 Å². The van der Waals surface area contributed by atoms with E-state index in [-0.39, 0.29) is 0 Å². The molecule has 1 aliphatic heterocycles. The Morgan fingerprint density at radius 1 is 1.15 bits per heavy atom. The van der Waals surface area contributed by atoms with Crippen LogP contribution in [0.25, 0.3) is 11.4 Å². The van der Waals surface area contributed by atoms with Crippen molar-refractivity contribution in [3.8, 4) is 11.4 Å². The third-order valence-electron chi connectivity index (χ3n) is 3.75. The summed E-state index contributed by atoms with van der Waals surface area (Å²) in [5.74, 6) is 1.88. The normalized spacial score (nSPS) is 16.4. The van der Waals surface area contributed by atoms with Crippen molar-refractivity contribution in [2.45, 2.75) is 6.42 Å². The average Bonchev–Trinajstić information content (AvgIpc) is 2.88. The molecule has 0 unspecified atom stereocenters. The molecule has 1 fully saturated rings. The lowest BCUT2D eigenvalue weighted by molar-refractivity contribution is 0.241. The molecule has 2 heterocycles. The van der Waals surface area contributed by atoms with Crippen molar-refractivity contribution < 1.29 is 0 Å². The second kappa shape index (κ2) is 6.15. The molecule has 106 valence electrons. The fourth-order valence-electron chi connectivity index (χ4n) is 2.54. The van der Waals surface area contributed by atoms with E-state index in [0.29, 0.717) is 0 Å². The van der Waals surface area contributed by atoms with Crippen LogP contribution in [0.1, 0.15) is 5.82 Å². The fraction of sp³-hybridized carbons (Fsp3) is 0.467. The summed E-state index contributed by atoms with van der Waals surface area (Å²) in [6, 6.07) is 10.2. The standard InChI is InChI=1S/C15H21N5/c1-19-14(7-10-20-11-8-16-9-12-20)17-15(18-19)13-5-3-2-4-6-13/h2-6,16H,7-12H2,1H3. The van der Waals surface area contributed by atoms with E-state index in [1.54, 1.807) is 0 Å². The lowest BCUT2D eigenvalue weighted by Gasteiger charge is -2.26. The summed E-state index contributed by atoms with van der Waals surface area (Å²) >= 11 is 0. The molecule has 0 aliphatic carbocycles. The van der Waals surface area contributed by atoms with Gasteiger partial charge in [-0.25, -0.2) is 4.98 Å². The minimum absolute atomic E-state index is 0.823. The number of hydrogen-bond acceptors (Lipinski definition) is 4. The molecule has 0 bridgehead atoms. The molecule has 0 spiro atoms. The fourth-order valence-corrected chi connectivity index (χ4v) is 2.54. The van der Waals surface area contributed by atoms with Gasteiger partial charge >= 0.3 is 0 Å². The Bertz CT molecular complexity index is 543. The van der Waals surface area contributed by atoms with Gasteiger partial charge in [0.1, 0.15) is 5.82 Å². The largest absolute Gasteiger partial charge is 0.314 e. The Morgan fingerprint density at radius 3 is 2.65 bits per heavy atom. The molecule has 2 aromatic rings. The number of rotatable bonds is 4. The molecular formula is C15H21N5. The van der Waals surface area contributed by atoms with E-state index < -0.39 is 0 Å². The first-order valence-corrected chi connectivity index (χ1v) is 7.21. The second-order valence-corrected chi connectivity index (χ2v) is 5.18. The molecule has 5 heteroatoms. The Morgan fingerprint density at radius 2 is 1.90 bits per heavy atom. The van der Waals surface area contributed by atoms with E-state index in [1.165, 1.54) is 0 Å². The van der Waals surface area contributed by atoms with Gasteiger partial charge in [0.05, 0.1) is 0 Å². The molecule has 0 amide bonds. The van der Waals surface area contributed by atoms with E-state index in [4.69, 9.17) is 0 Å². The molecule has 5 nitrogen and oxygen atoms in total. The summed E-state index contributed by atoms with van der Waals surface area (Å²) in [7, 11) is 1.98. The van der Waals surface area contributed by atoms with E-state index in [0.717, 1.165) is 56.4 Å². The van der Waals surface area contributed by atoms with Crippen LogP contribution in [0.5, 0.6) is 0 Å². The minimum Gasteiger partial charge on any atom is -0.314 e. The van der Waals surface area contributed by atoms with E-state index >= 15 is 0 Å². The van der Waals surface area contributed by atoms with Gasteiger partial charge in [0.2, 0.25) is 0 Å². The molecule has 3 rings (SSSR count). The highest BCUT2D eigenvalue weighted by atomic mass is 15.3. The third-order valence-corrected chi connectivity index (χ3v) is 3.75. The van der Waals surface area contributed by atoms with Gasteiger partial charge in [0, 0.05) is 51.8 Å². The first kappa shape index (κ1) is 13.3. The molecule has 1 aromatic heterocycles. The smallest absolute Gasteiger partial charge is 0.181 e. The first-order chi connectivity index (χ1) is 9.83. The van der Waals surface area contributed by atoms with Crippen LogP contribution in [-0.2, 0) is 13.5 Å². The number of aromatic nitrogens is 3. The van der Waals surface area contributed by atoms with Crippen LogP contribution in [0.3, 0.4) is 0 Å². The number of benzene rings is 1. The zero-order chi connectivity index (χ0) is 13.8. The van der Waals surface area contributed by atoms with E-state index in [2.05, 4.69) is 32.4 Å². The van der Waals surface area contributed by atoms with E-state index in [1.807, 2.05) is 29.9 Å². The quantitative estimate of drug-likeness (QED) is 0.898. The maximum atomic E-state index is 4.67. The SMILES string of the molecule is Cn1nc(-c2ccccc2)nc1CCN1CCNCC1. The predicted octanol–water partition coefficient (Wildman–Crippen LogP) is 0.930. The predicted molar refractivity (Wildman–Crippen MR) is 79.5 cm³/mol. The molecular weight excluding hydrogens is 250 g/mol. The van der Waals surface area contributed by atoms with Crippen LogP contribution in [0.15, 0.2) is 30.3 Å². The van der Waals surface area contributed by atoms with Gasteiger partial charge in [-0.15, -0.1) is 0 Å². The molecule has 1 saturated heterocycles. The molecule has 0 radical (unpaired) electrons. The summed E-state index contributed by atoms with van der Waals surface area (Å²) in [6.07, 6.45) is 0.955. The lowest BCUT2D eigenvalue weighted by atomic mass is 10.2. The Kier molecular flexibility index (Phi) is 4.08. The number of nitrogens with zero attached hydrogens (tertiary/aromatic N) is 4. The summed E-state index contributed by atoms with van der Waals surface area (Å²) in [5, 5.41) is 7.89. The van der Waals surface area contributed by atoms with Crippen molar-refractivity contribution in [1.82, 2.24) is 25.0 Å². The van der Waals surface area contributed by atoms with Gasteiger partial charge < -0.3 is 10.2 Å². The van der Waals surface area contributed by atoms with Crippen molar-refractivity contribution in [3.63, 3.8) is 0 Å². The van der Waals surface area contributed by atoms with Gasteiger partial charge in [-0.05, 0) is 0 Å². The highest BCUT2D eigenvalue weighted by molar-refractivity contribution is 5.53. The Balaban J connectivity index is 1.66. The number of hydrogen-bond donors (Lipinski definition) is 1. The molecule has 20 heavy (non-hydrogen) atoms. The van der Waals surface area contributed by atoms with Crippen molar-refractivity contribution in [2.75, 3.05) is 32.7 Å². The first-order valence-electron chi connectivity index (χ1n) is 7.21. The summed E-state index contributed by atoms with van der Waals surface area (Å²) in [4.78, 5) is 7.15. The van der Waals surface area contributed by atoms with E-state index in [9.17, 15) is 0 Å². The molecule has 0 saturated carbocycles. The van der Waals surface area contributed by atoms with Crippen LogP contribution in [0.4, 0.5) is 0 Å². The number of aryl methyl sites for hydroxylation is 1. The van der Waals surface area contributed by atoms with Crippen molar-refractivity contribution in [3.05, 3.63) is 36.2 Å². The third kappa shape index (κ3) is 3.05. The Hall–Kier alpha value is -1.72. The lowest BCUT2D eigenvalue weighted by Crippen LogP contribution is -2.44. The average molecular weight is 271 g/mol. The van der Waals surface area contributed by atoms with Crippen molar-refractivity contribution in [1.29, 1.82) is 0 Å². The zero-order valence-electron chi connectivity index (χ0n) is 11.9. The van der Waals surface area contributed by atoms with Crippen LogP contribution >= 0.6 is 0 Å². The highest BCUT2D eigenvalue weighted by Gasteiger charge is 2.13. The maximum Gasteiger partial charge on any atom is 0.181 e. The minimum atomic E-state index is 0.823. The van der Waals surface area contributed by atoms with Gasteiger partial charge in [0.25, 0.3) is 0 Å². The molecule has 0 atom stereocenters. The molecule has 1 aliphatic rings. The van der Waals surface area contributed by atoms with Crippen molar-refractivity contribution in [2.24, 2.45) is 7.05 Å². The van der Waals surface area contributed by atoms with Gasteiger partial charge in [-0.3, -0.25) is 4.68 Å². The second-order valence-electron chi connectivity index (χ2n) is 5.18. The number of piperazine rings is 1. The molecule has 1 N–H and O–H groups in total. The van der Waals surface area contributed by atoms with Crippen LogP contribution in [-0.4, -0.2) is 52.4 Å². The summed E-state index contributed by atoms with van der Waals surface area (Å²) in [6.45, 7) is 5.50. The molecule has 1 aromatic carbocycles. The van der Waals surface area contributed by atoms with Crippen LogP contribution in [0.2, 0.25) is 0 Å². The maximum absolute atomic E-state index is 4.67. The number of nitrogens with one attached hydrogen (secondary N) is 1.